The van der Waals surface area contributed by atoms with Gasteiger partial charge in [-0.1, -0.05) is 113 Å². The summed E-state index contributed by atoms with van der Waals surface area (Å²) in [5, 5.41) is 11.4. The minimum absolute atomic E-state index is 0.588. The average Bonchev–Trinajstić information content (AvgIpc) is 2.87. The SMILES string of the molecule is CCC(/C(CC)=C(/CC)C(O)c1ccc(-c2ccccc2)cc1)=C(\CC)c1ccccc1. The van der Waals surface area contributed by atoms with Gasteiger partial charge in [-0.2, -0.15) is 0 Å². The van der Waals surface area contributed by atoms with Crippen molar-refractivity contribution in [2.75, 3.05) is 0 Å². The van der Waals surface area contributed by atoms with Gasteiger partial charge in [0.2, 0.25) is 0 Å². The number of aliphatic hydroxyl groups is 1. The van der Waals surface area contributed by atoms with E-state index in [-0.39, 0.29) is 0 Å². The zero-order valence-electron chi connectivity index (χ0n) is 19.9. The first-order valence-electron chi connectivity index (χ1n) is 12.0. The molecule has 0 aromatic heterocycles. The predicted octanol–water partition coefficient (Wildman–Crippen LogP) is 8.78. The molecular formula is C31H36O. The third kappa shape index (κ3) is 5.29. The van der Waals surface area contributed by atoms with Gasteiger partial charge in [0.1, 0.15) is 6.10 Å². The van der Waals surface area contributed by atoms with Gasteiger partial charge in [-0.3, -0.25) is 0 Å². The van der Waals surface area contributed by atoms with E-state index < -0.39 is 6.10 Å². The molecule has 1 nitrogen and oxygen atoms in total. The molecule has 0 saturated carbocycles. The maximum Gasteiger partial charge on any atom is 0.101 e. The summed E-state index contributed by atoms with van der Waals surface area (Å²) >= 11 is 0. The highest BCUT2D eigenvalue weighted by molar-refractivity contribution is 5.73. The lowest BCUT2D eigenvalue weighted by molar-refractivity contribution is 0.210. The van der Waals surface area contributed by atoms with Crippen LogP contribution in [0.2, 0.25) is 0 Å². The molecule has 0 aliphatic carbocycles. The van der Waals surface area contributed by atoms with Gasteiger partial charge in [-0.15, -0.1) is 0 Å². The smallest absolute Gasteiger partial charge is 0.101 e. The van der Waals surface area contributed by atoms with E-state index in [0.717, 1.165) is 36.8 Å². The van der Waals surface area contributed by atoms with Gasteiger partial charge in [0, 0.05) is 0 Å². The summed E-state index contributed by atoms with van der Waals surface area (Å²) in [4.78, 5) is 0. The topological polar surface area (TPSA) is 20.2 Å². The lowest BCUT2D eigenvalue weighted by Crippen LogP contribution is -2.07. The third-order valence-electron chi connectivity index (χ3n) is 6.34. The van der Waals surface area contributed by atoms with Crippen molar-refractivity contribution < 1.29 is 5.11 Å². The van der Waals surface area contributed by atoms with Crippen molar-refractivity contribution in [3.8, 4) is 11.1 Å². The molecule has 0 aliphatic rings. The number of benzene rings is 3. The largest absolute Gasteiger partial charge is 0.384 e. The standard InChI is InChI=1S/C31H36O/c1-5-27(25-17-13-10-14-18-25)28(6-2)29(7-3)30(8-4)31(32)26-21-19-24(20-22-26)23-15-11-9-12-16-23/h9-22,31-32H,5-8H2,1-4H3/b28-27-,30-29-. The Morgan fingerprint density at radius 2 is 1.12 bits per heavy atom. The first-order chi connectivity index (χ1) is 15.6. The van der Waals surface area contributed by atoms with Crippen LogP contribution < -0.4 is 0 Å². The second-order valence-electron chi connectivity index (χ2n) is 8.13. The Morgan fingerprint density at radius 1 is 0.594 bits per heavy atom. The van der Waals surface area contributed by atoms with E-state index in [9.17, 15) is 5.11 Å². The Bertz CT molecular complexity index is 1040. The van der Waals surface area contributed by atoms with Gasteiger partial charge in [-0.25, -0.2) is 0 Å². The van der Waals surface area contributed by atoms with Crippen LogP contribution in [0.5, 0.6) is 0 Å². The molecule has 0 saturated heterocycles. The highest BCUT2D eigenvalue weighted by Gasteiger charge is 2.20. The summed E-state index contributed by atoms with van der Waals surface area (Å²) in [6, 6.07) is 29.4. The minimum Gasteiger partial charge on any atom is -0.384 e. The van der Waals surface area contributed by atoms with Crippen LogP contribution in [-0.4, -0.2) is 5.11 Å². The summed E-state index contributed by atoms with van der Waals surface area (Å²) < 4.78 is 0. The molecule has 32 heavy (non-hydrogen) atoms. The molecular weight excluding hydrogens is 388 g/mol. The molecule has 0 fully saturated rings. The number of aliphatic hydroxyl groups excluding tert-OH is 1. The Hall–Kier alpha value is -2.90. The molecule has 0 spiro atoms. The van der Waals surface area contributed by atoms with Gasteiger partial charge in [-0.05, 0) is 70.2 Å². The fraction of sp³-hybridized carbons (Fsp3) is 0.290. The summed E-state index contributed by atoms with van der Waals surface area (Å²) in [6.45, 7) is 8.84. The third-order valence-corrected chi connectivity index (χ3v) is 6.34. The second-order valence-corrected chi connectivity index (χ2v) is 8.13. The van der Waals surface area contributed by atoms with E-state index in [1.54, 1.807) is 0 Å². The van der Waals surface area contributed by atoms with Crippen LogP contribution in [0.1, 0.15) is 70.6 Å². The van der Waals surface area contributed by atoms with Gasteiger partial charge in [0.05, 0.1) is 0 Å². The lowest BCUT2D eigenvalue weighted by Gasteiger charge is -2.23. The number of hydrogen-bond acceptors (Lipinski definition) is 1. The number of rotatable bonds is 9. The lowest BCUT2D eigenvalue weighted by atomic mass is 9.84. The number of allylic oxidation sites excluding steroid dienone is 3. The molecule has 0 bridgehead atoms. The van der Waals surface area contributed by atoms with E-state index in [0.29, 0.717) is 0 Å². The zero-order valence-corrected chi connectivity index (χ0v) is 19.9. The molecule has 166 valence electrons. The van der Waals surface area contributed by atoms with Gasteiger partial charge >= 0.3 is 0 Å². The van der Waals surface area contributed by atoms with Crippen molar-refractivity contribution in [1.29, 1.82) is 0 Å². The fourth-order valence-electron chi connectivity index (χ4n) is 4.74. The molecule has 1 unspecified atom stereocenters. The van der Waals surface area contributed by atoms with Crippen LogP contribution >= 0.6 is 0 Å². The minimum atomic E-state index is -0.588. The average molecular weight is 425 g/mol. The Balaban J connectivity index is 2.04. The molecule has 1 N–H and O–H groups in total. The van der Waals surface area contributed by atoms with Gasteiger partial charge in [0.15, 0.2) is 0 Å². The van der Waals surface area contributed by atoms with Crippen molar-refractivity contribution in [2.24, 2.45) is 0 Å². The van der Waals surface area contributed by atoms with E-state index in [2.05, 4.69) is 107 Å². The number of hydrogen-bond donors (Lipinski definition) is 1. The Kier molecular flexibility index (Phi) is 8.64. The van der Waals surface area contributed by atoms with E-state index in [4.69, 9.17) is 0 Å². The molecule has 3 aromatic carbocycles. The van der Waals surface area contributed by atoms with Crippen molar-refractivity contribution >= 4 is 5.57 Å². The van der Waals surface area contributed by atoms with Crippen LogP contribution in [0, 0.1) is 0 Å². The molecule has 0 aliphatic heterocycles. The maximum atomic E-state index is 11.4. The van der Waals surface area contributed by atoms with Crippen molar-refractivity contribution in [3.63, 3.8) is 0 Å². The van der Waals surface area contributed by atoms with Crippen LogP contribution in [0.4, 0.5) is 0 Å². The Morgan fingerprint density at radius 3 is 1.62 bits per heavy atom. The Labute approximate surface area is 194 Å². The summed E-state index contributed by atoms with van der Waals surface area (Å²) in [5.41, 5.74) is 9.84. The first-order valence-corrected chi connectivity index (χ1v) is 12.0. The fourth-order valence-corrected chi connectivity index (χ4v) is 4.74. The molecule has 1 heteroatoms. The maximum absolute atomic E-state index is 11.4. The monoisotopic (exact) mass is 424 g/mol. The normalized spacial score (nSPS) is 13.9. The molecule has 3 rings (SSSR count). The molecule has 0 radical (unpaired) electrons. The first kappa shape index (κ1) is 23.8. The van der Waals surface area contributed by atoms with Gasteiger partial charge in [0.25, 0.3) is 0 Å². The van der Waals surface area contributed by atoms with Gasteiger partial charge < -0.3 is 5.11 Å². The zero-order chi connectivity index (χ0) is 22.9. The van der Waals surface area contributed by atoms with E-state index in [1.165, 1.54) is 33.4 Å². The van der Waals surface area contributed by atoms with Crippen molar-refractivity contribution in [1.82, 2.24) is 0 Å². The van der Waals surface area contributed by atoms with Crippen LogP contribution in [0.15, 0.2) is 102 Å². The van der Waals surface area contributed by atoms with Crippen molar-refractivity contribution in [3.05, 3.63) is 113 Å². The molecule has 0 amide bonds. The summed E-state index contributed by atoms with van der Waals surface area (Å²) in [5.74, 6) is 0. The van der Waals surface area contributed by atoms with Crippen LogP contribution in [-0.2, 0) is 0 Å². The van der Waals surface area contributed by atoms with E-state index >= 15 is 0 Å². The van der Waals surface area contributed by atoms with Crippen LogP contribution in [0.25, 0.3) is 16.7 Å². The predicted molar refractivity (Wildman–Crippen MR) is 138 cm³/mol. The molecule has 1 atom stereocenters. The summed E-state index contributed by atoms with van der Waals surface area (Å²) in [7, 11) is 0. The van der Waals surface area contributed by atoms with Crippen molar-refractivity contribution in [2.45, 2.75) is 59.5 Å². The molecule has 0 heterocycles. The quantitative estimate of drug-likeness (QED) is 0.340. The summed E-state index contributed by atoms with van der Waals surface area (Å²) in [6.07, 6.45) is 3.11. The highest BCUT2D eigenvalue weighted by atomic mass is 16.3. The van der Waals surface area contributed by atoms with Crippen LogP contribution in [0.3, 0.4) is 0 Å². The second kappa shape index (κ2) is 11.6. The van der Waals surface area contributed by atoms with E-state index in [1.807, 2.05) is 6.07 Å². The highest BCUT2D eigenvalue weighted by Crippen LogP contribution is 2.37. The molecule has 3 aromatic rings.